The Labute approximate surface area is 142 Å². The smallest absolute Gasteiger partial charge is 0.319 e. The van der Waals surface area contributed by atoms with Crippen molar-refractivity contribution in [2.45, 2.75) is 13.0 Å². The predicted molar refractivity (Wildman–Crippen MR) is 96.2 cm³/mol. The zero-order chi connectivity index (χ0) is 16.8. The molecule has 1 atom stereocenters. The van der Waals surface area contributed by atoms with Crippen LogP contribution < -0.4 is 16.0 Å². The molecule has 2 amide bonds. The summed E-state index contributed by atoms with van der Waals surface area (Å²) in [6, 6.07) is 16.0. The van der Waals surface area contributed by atoms with Crippen molar-refractivity contribution in [2.75, 3.05) is 31.6 Å². The third-order valence-electron chi connectivity index (χ3n) is 4.02. The van der Waals surface area contributed by atoms with Crippen LogP contribution >= 0.6 is 0 Å². The number of benzene rings is 2. The third kappa shape index (κ3) is 4.57. The number of aryl methyl sites for hydroxylation is 1. The van der Waals surface area contributed by atoms with Crippen molar-refractivity contribution < 1.29 is 9.53 Å². The average Bonchev–Trinajstić information content (AvgIpc) is 2.62. The second kappa shape index (κ2) is 7.95. The summed E-state index contributed by atoms with van der Waals surface area (Å²) in [5.74, 6) is 0. The summed E-state index contributed by atoms with van der Waals surface area (Å²) in [5, 5.41) is 8.92. The lowest BCUT2D eigenvalue weighted by atomic mass is 10.0. The molecule has 2 aromatic rings. The summed E-state index contributed by atoms with van der Waals surface area (Å²) in [6.45, 7) is 4.90. The number of hydrogen-bond acceptors (Lipinski definition) is 3. The normalized spacial score (nSPS) is 17.3. The minimum Gasteiger partial charge on any atom is -0.374 e. The van der Waals surface area contributed by atoms with Crippen molar-refractivity contribution >= 4 is 11.7 Å². The lowest BCUT2D eigenvalue weighted by Gasteiger charge is -2.23. The molecule has 5 heteroatoms. The molecule has 1 aliphatic rings. The molecule has 0 bridgehead atoms. The Morgan fingerprint density at radius 3 is 2.42 bits per heavy atom. The molecule has 3 N–H and O–H groups in total. The third-order valence-corrected chi connectivity index (χ3v) is 4.02. The molecule has 0 aliphatic carbocycles. The number of carbonyl (C=O) groups is 1. The average molecular weight is 325 g/mol. The number of anilines is 1. The molecular weight excluding hydrogens is 302 g/mol. The zero-order valence-corrected chi connectivity index (χ0v) is 13.8. The highest BCUT2D eigenvalue weighted by atomic mass is 16.5. The van der Waals surface area contributed by atoms with E-state index in [1.807, 2.05) is 24.3 Å². The fraction of sp³-hybridized carbons (Fsp3) is 0.316. The van der Waals surface area contributed by atoms with Crippen LogP contribution in [0.5, 0.6) is 0 Å². The lowest BCUT2D eigenvalue weighted by Crippen LogP contribution is -2.45. The van der Waals surface area contributed by atoms with Crippen LogP contribution in [0.15, 0.2) is 48.5 Å². The van der Waals surface area contributed by atoms with Crippen LogP contribution in [0, 0.1) is 6.92 Å². The monoisotopic (exact) mass is 325 g/mol. The number of hydrogen-bond donors (Lipinski definition) is 3. The van der Waals surface area contributed by atoms with Crippen LogP contribution in [-0.4, -0.2) is 38.4 Å². The van der Waals surface area contributed by atoms with Gasteiger partial charge in [0.25, 0.3) is 0 Å². The Bertz CT molecular complexity index is 662. The minimum atomic E-state index is -0.216. The SMILES string of the molecule is Cc1ccc(-c2ccc(NC(=O)NC[C@H]3CNCCO3)cc2)cc1. The number of nitrogens with one attached hydrogen (secondary N) is 3. The van der Waals surface area contributed by atoms with Gasteiger partial charge in [-0.3, -0.25) is 0 Å². The Hall–Kier alpha value is -2.37. The van der Waals surface area contributed by atoms with Gasteiger partial charge in [0, 0.05) is 25.3 Å². The second-order valence-electron chi connectivity index (χ2n) is 5.98. The molecule has 126 valence electrons. The highest BCUT2D eigenvalue weighted by molar-refractivity contribution is 5.89. The topological polar surface area (TPSA) is 62.4 Å². The summed E-state index contributed by atoms with van der Waals surface area (Å²) in [6.07, 6.45) is 0.0356. The van der Waals surface area contributed by atoms with Gasteiger partial charge in [-0.25, -0.2) is 4.79 Å². The van der Waals surface area contributed by atoms with Crippen molar-refractivity contribution in [1.29, 1.82) is 0 Å². The first-order chi connectivity index (χ1) is 11.7. The van der Waals surface area contributed by atoms with Gasteiger partial charge in [0.15, 0.2) is 0 Å². The highest BCUT2D eigenvalue weighted by Gasteiger charge is 2.14. The van der Waals surface area contributed by atoms with E-state index >= 15 is 0 Å². The van der Waals surface area contributed by atoms with Gasteiger partial charge < -0.3 is 20.7 Å². The number of morpholine rings is 1. The molecule has 0 radical (unpaired) electrons. The molecule has 5 nitrogen and oxygen atoms in total. The molecular formula is C19H23N3O2. The largest absolute Gasteiger partial charge is 0.374 e. The van der Waals surface area contributed by atoms with Crippen LogP contribution in [0.3, 0.4) is 0 Å². The first kappa shape index (κ1) is 16.5. The first-order valence-electron chi connectivity index (χ1n) is 8.25. The molecule has 0 aromatic heterocycles. The van der Waals surface area contributed by atoms with Crippen LogP contribution in [0.2, 0.25) is 0 Å². The van der Waals surface area contributed by atoms with Crippen LogP contribution in [0.1, 0.15) is 5.56 Å². The summed E-state index contributed by atoms with van der Waals surface area (Å²) < 4.78 is 5.55. The molecule has 0 unspecified atom stereocenters. The van der Waals surface area contributed by atoms with Gasteiger partial charge in [0.05, 0.1) is 12.7 Å². The van der Waals surface area contributed by atoms with E-state index in [4.69, 9.17) is 4.74 Å². The fourth-order valence-electron chi connectivity index (χ4n) is 2.62. The molecule has 1 aliphatic heterocycles. The standard InChI is InChI=1S/C19H23N3O2/c1-14-2-4-15(5-3-14)16-6-8-17(9-7-16)22-19(23)21-13-18-12-20-10-11-24-18/h2-9,18,20H,10-13H2,1H3,(H2,21,22,23)/t18-/m1/s1. The number of urea groups is 1. The van der Waals surface area contributed by atoms with Crippen molar-refractivity contribution in [3.8, 4) is 11.1 Å². The number of carbonyl (C=O) groups excluding carboxylic acids is 1. The van der Waals surface area contributed by atoms with Gasteiger partial charge in [-0.15, -0.1) is 0 Å². The summed E-state index contributed by atoms with van der Waals surface area (Å²) in [5.41, 5.74) is 4.30. The van der Waals surface area contributed by atoms with Crippen molar-refractivity contribution in [3.05, 3.63) is 54.1 Å². The van der Waals surface area contributed by atoms with E-state index in [0.717, 1.165) is 24.3 Å². The van der Waals surface area contributed by atoms with E-state index in [0.29, 0.717) is 13.2 Å². The molecule has 1 fully saturated rings. The van der Waals surface area contributed by atoms with Gasteiger partial charge in [0.2, 0.25) is 0 Å². The summed E-state index contributed by atoms with van der Waals surface area (Å²) in [4.78, 5) is 11.9. The van der Waals surface area contributed by atoms with Gasteiger partial charge >= 0.3 is 6.03 Å². The van der Waals surface area contributed by atoms with Crippen LogP contribution in [0.25, 0.3) is 11.1 Å². The van der Waals surface area contributed by atoms with E-state index in [1.165, 1.54) is 11.1 Å². The maximum atomic E-state index is 11.9. The maximum absolute atomic E-state index is 11.9. The van der Waals surface area contributed by atoms with Crippen molar-refractivity contribution in [3.63, 3.8) is 0 Å². The molecule has 0 spiro atoms. The maximum Gasteiger partial charge on any atom is 0.319 e. The molecule has 1 heterocycles. The molecule has 3 rings (SSSR count). The van der Waals surface area contributed by atoms with E-state index in [2.05, 4.69) is 47.1 Å². The quantitative estimate of drug-likeness (QED) is 0.810. The van der Waals surface area contributed by atoms with E-state index in [9.17, 15) is 4.79 Å². The van der Waals surface area contributed by atoms with Crippen LogP contribution in [0.4, 0.5) is 10.5 Å². The van der Waals surface area contributed by atoms with E-state index < -0.39 is 0 Å². The lowest BCUT2D eigenvalue weighted by molar-refractivity contribution is 0.0310. The predicted octanol–water partition coefficient (Wildman–Crippen LogP) is 2.77. The molecule has 1 saturated heterocycles. The molecule has 24 heavy (non-hydrogen) atoms. The van der Waals surface area contributed by atoms with Gasteiger partial charge in [0.1, 0.15) is 0 Å². The number of amides is 2. The zero-order valence-electron chi connectivity index (χ0n) is 13.8. The van der Waals surface area contributed by atoms with Crippen molar-refractivity contribution in [2.24, 2.45) is 0 Å². The highest BCUT2D eigenvalue weighted by Crippen LogP contribution is 2.21. The van der Waals surface area contributed by atoms with Gasteiger partial charge in [-0.05, 0) is 30.2 Å². The number of ether oxygens (including phenoxy) is 1. The Morgan fingerprint density at radius 1 is 1.12 bits per heavy atom. The minimum absolute atomic E-state index is 0.0356. The Kier molecular flexibility index (Phi) is 5.46. The molecule has 2 aromatic carbocycles. The van der Waals surface area contributed by atoms with Gasteiger partial charge in [-0.2, -0.15) is 0 Å². The van der Waals surface area contributed by atoms with Gasteiger partial charge in [-0.1, -0.05) is 42.0 Å². The van der Waals surface area contributed by atoms with Crippen LogP contribution in [-0.2, 0) is 4.74 Å². The number of rotatable bonds is 4. The van der Waals surface area contributed by atoms with E-state index in [1.54, 1.807) is 0 Å². The fourth-order valence-corrected chi connectivity index (χ4v) is 2.62. The first-order valence-corrected chi connectivity index (χ1v) is 8.25. The Balaban J connectivity index is 1.51. The second-order valence-corrected chi connectivity index (χ2v) is 5.98. The summed E-state index contributed by atoms with van der Waals surface area (Å²) >= 11 is 0. The summed E-state index contributed by atoms with van der Waals surface area (Å²) in [7, 11) is 0. The van der Waals surface area contributed by atoms with Crippen molar-refractivity contribution in [1.82, 2.24) is 10.6 Å². The van der Waals surface area contributed by atoms with E-state index in [-0.39, 0.29) is 12.1 Å². The molecule has 0 saturated carbocycles. The Morgan fingerprint density at radius 2 is 1.79 bits per heavy atom.